The van der Waals surface area contributed by atoms with Crippen LogP contribution < -0.4 is 0 Å². The highest BCUT2D eigenvalue weighted by molar-refractivity contribution is 6.15. The van der Waals surface area contributed by atoms with Gasteiger partial charge in [-0.05, 0) is 29.0 Å². The van der Waals surface area contributed by atoms with Crippen LogP contribution in [-0.4, -0.2) is 12.3 Å². The van der Waals surface area contributed by atoms with Crippen molar-refractivity contribution < 1.29 is 0 Å². The quantitative estimate of drug-likeness (QED) is 0.672. The van der Waals surface area contributed by atoms with Gasteiger partial charge in [0.1, 0.15) is 0 Å². The molecule has 0 atom stereocenters. The first-order valence-electron chi connectivity index (χ1n) is 5.80. The Bertz CT molecular complexity index is 444. The van der Waals surface area contributed by atoms with Crippen LogP contribution in [0.4, 0.5) is 0 Å². The van der Waals surface area contributed by atoms with E-state index in [1.165, 1.54) is 22.4 Å². The molecule has 0 fully saturated rings. The third-order valence-corrected chi connectivity index (χ3v) is 2.94. The highest BCUT2D eigenvalue weighted by Crippen LogP contribution is 2.34. The molecule has 0 aromatic heterocycles. The molecule has 84 valence electrons. The SMILES string of the molecule is CC1=C(C(C)(C)C)C(c2ccccc2)=NC1. The Kier molecular flexibility index (Phi) is 2.71. The molecule has 1 aromatic carbocycles. The van der Waals surface area contributed by atoms with Crippen LogP contribution in [0.25, 0.3) is 0 Å². The topological polar surface area (TPSA) is 12.4 Å². The summed E-state index contributed by atoms with van der Waals surface area (Å²) in [6.45, 7) is 9.83. The van der Waals surface area contributed by atoms with Gasteiger partial charge in [0.05, 0.1) is 12.3 Å². The van der Waals surface area contributed by atoms with E-state index >= 15 is 0 Å². The summed E-state index contributed by atoms with van der Waals surface area (Å²) in [5.74, 6) is 0. The highest BCUT2D eigenvalue weighted by atomic mass is 14.8. The minimum Gasteiger partial charge on any atom is -0.280 e. The van der Waals surface area contributed by atoms with Crippen LogP contribution in [0.5, 0.6) is 0 Å². The van der Waals surface area contributed by atoms with Crippen LogP contribution in [0.2, 0.25) is 0 Å². The molecule has 2 rings (SSSR count). The molecule has 0 aliphatic carbocycles. The molecular weight excluding hydrogens is 194 g/mol. The van der Waals surface area contributed by atoms with E-state index in [1.807, 2.05) is 6.07 Å². The van der Waals surface area contributed by atoms with E-state index in [0.29, 0.717) is 0 Å². The summed E-state index contributed by atoms with van der Waals surface area (Å²) in [6.07, 6.45) is 0. The molecule has 0 amide bonds. The second-order valence-corrected chi connectivity index (χ2v) is 5.44. The number of aliphatic imine (C=N–C) groups is 1. The average Bonchev–Trinajstić information content (AvgIpc) is 2.61. The van der Waals surface area contributed by atoms with Gasteiger partial charge in [-0.25, -0.2) is 0 Å². The van der Waals surface area contributed by atoms with Crippen molar-refractivity contribution in [2.75, 3.05) is 6.54 Å². The summed E-state index contributed by atoms with van der Waals surface area (Å²) in [4.78, 5) is 4.68. The molecule has 0 saturated carbocycles. The molecule has 0 radical (unpaired) electrons. The standard InChI is InChI=1S/C15H19N/c1-11-10-16-14(13(11)15(2,3)4)12-8-6-5-7-9-12/h5-9H,10H2,1-4H3. The van der Waals surface area contributed by atoms with Crippen molar-refractivity contribution in [3.63, 3.8) is 0 Å². The molecule has 1 heterocycles. The van der Waals surface area contributed by atoms with Gasteiger partial charge in [-0.15, -0.1) is 0 Å². The van der Waals surface area contributed by atoms with E-state index < -0.39 is 0 Å². The molecule has 0 bridgehead atoms. The first-order valence-corrected chi connectivity index (χ1v) is 5.80. The molecule has 0 unspecified atom stereocenters. The summed E-state index contributed by atoms with van der Waals surface area (Å²) < 4.78 is 0. The van der Waals surface area contributed by atoms with E-state index in [0.717, 1.165) is 6.54 Å². The van der Waals surface area contributed by atoms with Gasteiger partial charge in [-0.1, -0.05) is 51.1 Å². The van der Waals surface area contributed by atoms with Crippen LogP contribution in [0, 0.1) is 5.41 Å². The minimum atomic E-state index is 0.176. The lowest BCUT2D eigenvalue weighted by Crippen LogP contribution is -2.18. The van der Waals surface area contributed by atoms with Crippen LogP contribution in [-0.2, 0) is 0 Å². The lowest BCUT2D eigenvalue weighted by atomic mass is 9.80. The Labute approximate surface area is 97.9 Å². The monoisotopic (exact) mass is 213 g/mol. The molecule has 1 aromatic rings. The molecule has 1 aliphatic rings. The van der Waals surface area contributed by atoms with Crippen molar-refractivity contribution in [3.05, 3.63) is 47.0 Å². The van der Waals surface area contributed by atoms with E-state index in [4.69, 9.17) is 0 Å². The molecule has 0 spiro atoms. The molecule has 0 N–H and O–H groups in total. The van der Waals surface area contributed by atoms with Gasteiger partial charge < -0.3 is 0 Å². The van der Waals surface area contributed by atoms with Gasteiger partial charge in [0.25, 0.3) is 0 Å². The van der Waals surface area contributed by atoms with E-state index in [2.05, 4.69) is 57.0 Å². The second-order valence-electron chi connectivity index (χ2n) is 5.44. The Balaban J connectivity index is 2.46. The van der Waals surface area contributed by atoms with E-state index in [9.17, 15) is 0 Å². The summed E-state index contributed by atoms with van der Waals surface area (Å²) in [7, 11) is 0. The number of hydrogen-bond donors (Lipinski definition) is 0. The smallest absolute Gasteiger partial charge is 0.0688 e. The molecule has 0 saturated heterocycles. The molecule has 16 heavy (non-hydrogen) atoms. The van der Waals surface area contributed by atoms with Gasteiger partial charge in [0.2, 0.25) is 0 Å². The first kappa shape index (κ1) is 11.1. The summed E-state index contributed by atoms with van der Waals surface area (Å²) in [5.41, 5.74) is 5.43. The minimum absolute atomic E-state index is 0.176. The van der Waals surface area contributed by atoms with Crippen molar-refractivity contribution in [1.82, 2.24) is 0 Å². The lowest BCUT2D eigenvalue weighted by Gasteiger charge is -2.23. The van der Waals surface area contributed by atoms with Crippen LogP contribution >= 0.6 is 0 Å². The van der Waals surface area contributed by atoms with Gasteiger partial charge in [-0.3, -0.25) is 4.99 Å². The largest absolute Gasteiger partial charge is 0.280 e. The zero-order valence-electron chi connectivity index (χ0n) is 10.5. The van der Waals surface area contributed by atoms with Crippen molar-refractivity contribution in [2.24, 2.45) is 10.4 Å². The zero-order valence-corrected chi connectivity index (χ0v) is 10.5. The van der Waals surface area contributed by atoms with Crippen LogP contribution in [0.1, 0.15) is 33.3 Å². The highest BCUT2D eigenvalue weighted by Gasteiger charge is 2.28. The van der Waals surface area contributed by atoms with Gasteiger partial charge >= 0.3 is 0 Å². The van der Waals surface area contributed by atoms with Gasteiger partial charge in [0, 0.05) is 0 Å². The van der Waals surface area contributed by atoms with Crippen molar-refractivity contribution >= 4 is 5.71 Å². The molecule has 1 nitrogen and oxygen atoms in total. The number of hydrogen-bond acceptors (Lipinski definition) is 1. The Morgan fingerprint density at radius 1 is 1.06 bits per heavy atom. The number of nitrogens with zero attached hydrogens (tertiary/aromatic N) is 1. The summed E-state index contributed by atoms with van der Waals surface area (Å²) in [6, 6.07) is 10.5. The van der Waals surface area contributed by atoms with E-state index in [-0.39, 0.29) is 5.41 Å². The van der Waals surface area contributed by atoms with Crippen molar-refractivity contribution in [1.29, 1.82) is 0 Å². The fourth-order valence-corrected chi connectivity index (χ4v) is 2.38. The first-order chi connectivity index (χ1) is 7.50. The van der Waals surface area contributed by atoms with Gasteiger partial charge in [-0.2, -0.15) is 0 Å². The third-order valence-electron chi connectivity index (χ3n) is 2.94. The predicted octanol–water partition coefficient (Wildman–Crippen LogP) is 3.85. The average molecular weight is 213 g/mol. The van der Waals surface area contributed by atoms with Gasteiger partial charge in [0.15, 0.2) is 0 Å². The number of rotatable bonds is 1. The third kappa shape index (κ3) is 1.95. The van der Waals surface area contributed by atoms with Crippen LogP contribution in [0.15, 0.2) is 46.5 Å². The summed E-state index contributed by atoms with van der Waals surface area (Å²) in [5, 5.41) is 0. The van der Waals surface area contributed by atoms with E-state index in [1.54, 1.807) is 0 Å². The Hall–Kier alpha value is -1.37. The molecule has 1 heteroatoms. The number of allylic oxidation sites excluding steroid dienone is 1. The van der Waals surface area contributed by atoms with Crippen molar-refractivity contribution in [3.8, 4) is 0 Å². The Morgan fingerprint density at radius 3 is 2.25 bits per heavy atom. The fraction of sp³-hybridized carbons (Fsp3) is 0.400. The Morgan fingerprint density at radius 2 is 1.69 bits per heavy atom. The number of benzene rings is 1. The maximum Gasteiger partial charge on any atom is 0.0688 e. The zero-order chi connectivity index (χ0) is 11.8. The normalized spacial score (nSPS) is 16.6. The second kappa shape index (κ2) is 3.89. The fourth-order valence-electron chi connectivity index (χ4n) is 2.38. The lowest BCUT2D eigenvalue weighted by molar-refractivity contribution is 0.522. The maximum atomic E-state index is 4.68. The molecule has 1 aliphatic heterocycles. The van der Waals surface area contributed by atoms with Crippen molar-refractivity contribution in [2.45, 2.75) is 27.7 Å². The molecular formula is C15H19N. The predicted molar refractivity (Wildman–Crippen MR) is 70.0 cm³/mol. The summed E-state index contributed by atoms with van der Waals surface area (Å²) >= 11 is 0. The maximum absolute atomic E-state index is 4.68. The van der Waals surface area contributed by atoms with Crippen LogP contribution in [0.3, 0.4) is 0 Å².